The zero-order valence-electron chi connectivity index (χ0n) is 14.7. The van der Waals surface area contributed by atoms with Gasteiger partial charge in [0.25, 0.3) is 0 Å². The first kappa shape index (κ1) is 17.9. The molecule has 0 aromatic heterocycles. The van der Waals surface area contributed by atoms with Crippen LogP contribution in [0.2, 0.25) is 0 Å². The summed E-state index contributed by atoms with van der Waals surface area (Å²) in [5, 5.41) is 0. The average molecular weight is 338 g/mol. The van der Waals surface area contributed by atoms with E-state index >= 15 is 0 Å². The average Bonchev–Trinajstić information content (AvgIpc) is 3.07. The molecule has 0 aliphatic carbocycles. The Morgan fingerprint density at radius 1 is 1.17 bits per heavy atom. The van der Waals surface area contributed by atoms with Crippen LogP contribution < -0.4 is 0 Å². The van der Waals surface area contributed by atoms with Crippen molar-refractivity contribution in [3.8, 4) is 12.3 Å². The summed E-state index contributed by atoms with van der Waals surface area (Å²) in [5.74, 6) is 1.11. The molecule has 0 aromatic carbocycles. The zero-order valence-corrected chi connectivity index (χ0v) is 14.7. The van der Waals surface area contributed by atoms with Gasteiger partial charge < -0.3 is 28.4 Å². The van der Waals surface area contributed by atoms with E-state index in [4.69, 9.17) is 34.8 Å². The van der Waals surface area contributed by atoms with E-state index in [-0.39, 0.29) is 12.7 Å². The van der Waals surface area contributed by atoms with E-state index in [0.717, 1.165) is 0 Å². The van der Waals surface area contributed by atoms with Gasteiger partial charge in [-0.25, -0.2) is 0 Å². The van der Waals surface area contributed by atoms with E-state index in [1.54, 1.807) is 6.08 Å². The van der Waals surface area contributed by atoms with Gasteiger partial charge in [0, 0.05) is 0 Å². The second kappa shape index (κ2) is 6.10. The zero-order chi connectivity index (χ0) is 17.6. The standard InChI is InChI=1S/C18H26O6/c1-7-9-18(19-10-8-2)13(12-11-20-16(3,4)22-12)21-15-14(18)23-17(5,6)24-15/h2,7,12-15H,1,9-11H2,3-6H3/t12-,13-,14+,15-,18-/m1/s1. The minimum Gasteiger partial charge on any atom is -0.356 e. The number of rotatable bonds is 5. The quantitative estimate of drug-likeness (QED) is 0.564. The first-order valence-corrected chi connectivity index (χ1v) is 8.24. The van der Waals surface area contributed by atoms with Gasteiger partial charge in [-0.05, 0) is 34.1 Å². The SMILES string of the molecule is C#CCO[C@]1(CC=C)[C@@H]([C@H]2COC(C)(C)O2)O[C@@H]2OC(C)(C)O[C@@H]21. The topological polar surface area (TPSA) is 55.4 Å². The molecule has 3 aliphatic rings. The fourth-order valence-corrected chi connectivity index (χ4v) is 3.71. The Balaban J connectivity index is 1.92. The van der Waals surface area contributed by atoms with E-state index < -0.39 is 35.7 Å². The van der Waals surface area contributed by atoms with E-state index in [1.807, 2.05) is 27.7 Å². The van der Waals surface area contributed by atoms with Crippen LogP contribution in [0.3, 0.4) is 0 Å². The van der Waals surface area contributed by atoms with Gasteiger partial charge in [0.2, 0.25) is 0 Å². The molecule has 0 unspecified atom stereocenters. The summed E-state index contributed by atoms with van der Waals surface area (Å²) >= 11 is 0. The van der Waals surface area contributed by atoms with Crippen molar-refractivity contribution in [1.82, 2.24) is 0 Å². The first-order chi connectivity index (χ1) is 11.2. The van der Waals surface area contributed by atoms with E-state index in [0.29, 0.717) is 13.0 Å². The molecule has 0 aromatic rings. The molecule has 24 heavy (non-hydrogen) atoms. The van der Waals surface area contributed by atoms with Gasteiger partial charge in [-0.2, -0.15) is 0 Å². The van der Waals surface area contributed by atoms with Crippen LogP contribution in [0.5, 0.6) is 0 Å². The van der Waals surface area contributed by atoms with E-state index in [1.165, 1.54) is 0 Å². The second-order valence-electron chi connectivity index (χ2n) is 7.29. The van der Waals surface area contributed by atoms with Gasteiger partial charge in [-0.1, -0.05) is 12.0 Å². The molecule has 3 rings (SSSR count). The molecular weight excluding hydrogens is 312 g/mol. The monoisotopic (exact) mass is 338 g/mol. The van der Waals surface area contributed by atoms with Crippen molar-refractivity contribution in [2.75, 3.05) is 13.2 Å². The Kier molecular flexibility index (Phi) is 4.54. The predicted molar refractivity (Wildman–Crippen MR) is 85.9 cm³/mol. The molecule has 3 saturated heterocycles. The van der Waals surface area contributed by atoms with Crippen molar-refractivity contribution in [1.29, 1.82) is 0 Å². The predicted octanol–water partition coefficient (Wildman–Crippen LogP) is 1.98. The fraction of sp³-hybridized carbons (Fsp3) is 0.778. The lowest BCUT2D eigenvalue weighted by atomic mass is 9.85. The summed E-state index contributed by atoms with van der Waals surface area (Å²) in [7, 11) is 0. The number of hydrogen-bond donors (Lipinski definition) is 0. The fourth-order valence-electron chi connectivity index (χ4n) is 3.71. The molecular formula is C18H26O6. The van der Waals surface area contributed by atoms with Crippen LogP contribution in [0.25, 0.3) is 0 Å². The van der Waals surface area contributed by atoms with Crippen LogP contribution in [0.1, 0.15) is 34.1 Å². The third-order valence-corrected chi connectivity index (χ3v) is 4.56. The highest BCUT2D eigenvalue weighted by atomic mass is 16.9. The molecule has 3 heterocycles. The third kappa shape index (κ3) is 3.01. The van der Waals surface area contributed by atoms with Gasteiger partial charge in [0.05, 0.1) is 6.61 Å². The number of ether oxygens (including phenoxy) is 6. The van der Waals surface area contributed by atoms with Crippen molar-refractivity contribution >= 4 is 0 Å². The van der Waals surface area contributed by atoms with Crippen molar-refractivity contribution in [2.45, 2.75) is 75.9 Å². The highest BCUT2D eigenvalue weighted by Crippen LogP contribution is 2.49. The number of terminal acetylenes is 1. The van der Waals surface area contributed by atoms with Gasteiger partial charge >= 0.3 is 0 Å². The lowest BCUT2D eigenvalue weighted by Gasteiger charge is -2.39. The van der Waals surface area contributed by atoms with Crippen LogP contribution in [-0.4, -0.2) is 55.0 Å². The lowest BCUT2D eigenvalue weighted by molar-refractivity contribution is -0.253. The number of fused-ring (bicyclic) bond motifs is 1. The first-order valence-electron chi connectivity index (χ1n) is 8.24. The lowest BCUT2D eigenvalue weighted by Crippen LogP contribution is -2.55. The molecule has 3 fully saturated rings. The molecule has 0 saturated carbocycles. The van der Waals surface area contributed by atoms with Crippen LogP contribution in [-0.2, 0) is 28.4 Å². The third-order valence-electron chi connectivity index (χ3n) is 4.56. The summed E-state index contributed by atoms with van der Waals surface area (Å²) < 4.78 is 36.0. The van der Waals surface area contributed by atoms with Gasteiger partial charge in [-0.3, -0.25) is 0 Å². The summed E-state index contributed by atoms with van der Waals surface area (Å²) in [5.41, 5.74) is -0.832. The second-order valence-corrected chi connectivity index (χ2v) is 7.29. The Hall–Kier alpha value is -0.940. The smallest absolute Gasteiger partial charge is 0.190 e. The highest BCUT2D eigenvalue weighted by Gasteiger charge is 2.66. The molecule has 0 spiro atoms. The van der Waals surface area contributed by atoms with Crippen molar-refractivity contribution in [2.24, 2.45) is 0 Å². The Morgan fingerprint density at radius 2 is 1.92 bits per heavy atom. The maximum Gasteiger partial charge on any atom is 0.190 e. The summed E-state index contributed by atoms with van der Waals surface area (Å²) in [6.45, 7) is 11.8. The van der Waals surface area contributed by atoms with Crippen LogP contribution in [0.15, 0.2) is 12.7 Å². The molecule has 134 valence electrons. The van der Waals surface area contributed by atoms with Crippen molar-refractivity contribution < 1.29 is 28.4 Å². The molecule has 6 heteroatoms. The molecule has 3 aliphatic heterocycles. The number of hydrogen-bond acceptors (Lipinski definition) is 6. The van der Waals surface area contributed by atoms with Gasteiger partial charge in [-0.15, -0.1) is 13.0 Å². The summed E-state index contributed by atoms with van der Waals surface area (Å²) in [4.78, 5) is 0. The van der Waals surface area contributed by atoms with Crippen LogP contribution in [0.4, 0.5) is 0 Å². The molecule has 0 amide bonds. The normalized spacial score (nSPS) is 42.6. The highest BCUT2D eigenvalue weighted by molar-refractivity contribution is 5.12. The van der Waals surface area contributed by atoms with E-state index in [2.05, 4.69) is 12.5 Å². The summed E-state index contributed by atoms with van der Waals surface area (Å²) in [6, 6.07) is 0. The minimum absolute atomic E-state index is 0.137. The van der Waals surface area contributed by atoms with Crippen molar-refractivity contribution in [3.05, 3.63) is 12.7 Å². The maximum absolute atomic E-state index is 6.17. The maximum atomic E-state index is 6.17. The Morgan fingerprint density at radius 3 is 2.50 bits per heavy atom. The molecule has 6 nitrogen and oxygen atoms in total. The molecule has 0 bridgehead atoms. The van der Waals surface area contributed by atoms with Crippen LogP contribution in [0, 0.1) is 12.3 Å². The molecule has 5 atom stereocenters. The minimum atomic E-state index is -0.832. The summed E-state index contributed by atoms with van der Waals surface area (Å²) in [6.07, 6.45) is 6.00. The van der Waals surface area contributed by atoms with E-state index in [9.17, 15) is 0 Å². The van der Waals surface area contributed by atoms with Crippen molar-refractivity contribution in [3.63, 3.8) is 0 Å². The molecule has 0 N–H and O–H groups in total. The molecule has 0 radical (unpaired) electrons. The van der Waals surface area contributed by atoms with Crippen LogP contribution >= 0.6 is 0 Å². The Bertz CT molecular complexity index is 536. The Labute approximate surface area is 143 Å². The largest absolute Gasteiger partial charge is 0.356 e. The van der Waals surface area contributed by atoms with Gasteiger partial charge in [0.1, 0.15) is 30.5 Å². The van der Waals surface area contributed by atoms with Gasteiger partial charge in [0.15, 0.2) is 17.9 Å².